The van der Waals surface area contributed by atoms with Crippen molar-refractivity contribution >= 4 is 17.8 Å². The molecule has 3 rings (SSSR count). The fourth-order valence-corrected chi connectivity index (χ4v) is 3.22. The molecule has 0 bridgehead atoms. The van der Waals surface area contributed by atoms with Crippen LogP contribution in [0.5, 0.6) is 0 Å². The Morgan fingerprint density at radius 3 is 1.84 bits per heavy atom. The van der Waals surface area contributed by atoms with Gasteiger partial charge >= 0.3 is 5.97 Å². The van der Waals surface area contributed by atoms with Crippen molar-refractivity contribution in [1.82, 2.24) is 10.6 Å². The third kappa shape index (κ3) is 6.50. The van der Waals surface area contributed by atoms with E-state index in [0.717, 1.165) is 5.56 Å². The molecule has 0 fully saturated rings. The quantitative estimate of drug-likeness (QED) is 0.483. The molecule has 0 aliphatic carbocycles. The summed E-state index contributed by atoms with van der Waals surface area (Å²) in [5, 5.41) is 14.8. The van der Waals surface area contributed by atoms with Gasteiger partial charge in [-0.3, -0.25) is 9.59 Å². The average molecular weight is 434 g/mol. The molecular weight excluding hydrogens is 411 g/mol. The molecule has 0 aliphatic rings. The standard InChI is InChI=1S/C25H23FN2O4/c26-20-13-11-18(12-14-20)15-21(27-23(29)19-9-5-2-6-10-19)24(30)28-22(25(31)32)16-17-7-3-1-4-8-17/h1-14,21-22H,15-16H2,(H,27,29)(H,28,30)(H,31,32)/t21-,22-/m0/s1. The van der Waals surface area contributed by atoms with E-state index in [0.29, 0.717) is 11.1 Å². The van der Waals surface area contributed by atoms with Crippen LogP contribution in [0.15, 0.2) is 84.9 Å². The smallest absolute Gasteiger partial charge is 0.326 e. The summed E-state index contributed by atoms with van der Waals surface area (Å²) in [7, 11) is 0. The van der Waals surface area contributed by atoms with Crippen molar-refractivity contribution in [2.45, 2.75) is 24.9 Å². The molecule has 0 saturated carbocycles. The molecule has 2 amide bonds. The number of benzene rings is 3. The normalized spacial score (nSPS) is 12.4. The molecule has 3 aromatic rings. The molecule has 0 radical (unpaired) electrons. The van der Waals surface area contributed by atoms with Crippen molar-refractivity contribution in [3.63, 3.8) is 0 Å². The van der Waals surface area contributed by atoms with E-state index in [-0.39, 0.29) is 12.8 Å². The minimum absolute atomic E-state index is 0.0718. The van der Waals surface area contributed by atoms with Crippen LogP contribution in [0.2, 0.25) is 0 Å². The Balaban J connectivity index is 1.78. The first-order chi connectivity index (χ1) is 15.4. The molecule has 7 heteroatoms. The summed E-state index contributed by atoms with van der Waals surface area (Å²) in [5.41, 5.74) is 1.74. The number of hydrogen-bond acceptors (Lipinski definition) is 3. The Morgan fingerprint density at radius 2 is 1.25 bits per heavy atom. The highest BCUT2D eigenvalue weighted by molar-refractivity contribution is 5.98. The Hall–Kier alpha value is -4.00. The van der Waals surface area contributed by atoms with Crippen LogP contribution in [0.4, 0.5) is 4.39 Å². The second-order valence-corrected chi connectivity index (χ2v) is 7.31. The fraction of sp³-hybridized carbons (Fsp3) is 0.160. The average Bonchev–Trinajstić information content (AvgIpc) is 2.80. The minimum atomic E-state index is -1.18. The number of carboxylic acids is 1. The highest BCUT2D eigenvalue weighted by atomic mass is 19.1. The van der Waals surface area contributed by atoms with Crippen molar-refractivity contribution in [2.75, 3.05) is 0 Å². The lowest BCUT2D eigenvalue weighted by Gasteiger charge is -2.22. The molecule has 0 unspecified atom stereocenters. The molecular formula is C25H23FN2O4. The van der Waals surface area contributed by atoms with Gasteiger partial charge < -0.3 is 15.7 Å². The maximum atomic E-state index is 13.3. The molecule has 0 spiro atoms. The summed E-state index contributed by atoms with van der Waals surface area (Å²) in [6, 6.07) is 20.6. The first-order valence-electron chi connectivity index (χ1n) is 10.1. The van der Waals surface area contributed by atoms with Crippen LogP contribution in [-0.2, 0) is 22.4 Å². The Labute approximate surface area is 185 Å². The van der Waals surface area contributed by atoms with Gasteiger partial charge in [0.1, 0.15) is 17.9 Å². The number of hydrogen-bond donors (Lipinski definition) is 3. The van der Waals surface area contributed by atoms with E-state index in [1.165, 1.54) is 24.3 Å². The zero-order valence-corrected chi connectivity index (χ0v) is 17.2. The van der Waals surface area contributed by atoms with Gasteiger partial charge in [0.15, 0.2) is 0 Å². The second kappa shape index (κ2) is 10.9. The largest absolute Gasteiger partial charge is 0.480 e. The number of amides is 2. The molecule has 6 nitrogen and oxygen atoms in total. The van der Waals surface area contributed by atoms with E-state index in [1.807, 2.05) is 6.07 Å². The topological polar surface area (TPSA) is 95.5 Å². The van der Waals surface area contributed by atoms with Gasteiger partial charge in [0.2, 0.25) is 5.91 Å². The van der Waals surface area contributed by atoms with E-state index in [2.05, 4.69) is 10.6 Å². The first kappa shape index (κ1) is 22.7. The number of carbonyl (C=O) groups excluding carboxylic acids is 2. The fourth-order valence-electron chi connectivity index (χ4n) is 3.22. The van der Waals surface area contributed by atoms with Crippen LogP contribution in [0, 0.1) is 5.82 Å². The van der Waals surface area contributed by atoms with Crippen LogP contribution < -0.4 is 10.6 Å². The van der Waals surface area contributed by atoms with Crippen molar-refractivity contribution in [3.05, 3.63) is 107 Å². The molecule has 0 aliphatic heterocycles. The molecule has 164 valence electrons. The predicted octanol–water partition coefficient (Wildman–Crippen LogP) is 2.98. The summed E-state index contributed by atoms with van der Waals surface area (Å²) in [6.45, 7) is 0. The molecule has 0 saturated heterocycles. The van der Waals surface area contributed by atoms with Crippen LogP contribution >= 0.6 is 0 Å². The van der Waals surface area contributed by atoms with E-state index >= 15 is 0 Å². The van der Waals surface area contributed by atoms with Gasteiger partial charge in [0.25, 0.3) is 5.91 Å². The van der Waals surface area contributed by atoms with E-state index in [4.69, 9.17) is 0 Å². The molecule has 3 aromatic carbocycles. The highest BCUT2D eigenvalue weighted by Crippen LogP contribution is 2.09. The van der Waals surface area contributed by atoms with Crippen LogP contribution in [0.3, 0.4) is 0 Å². The number of nitrogens with one attached hydrogen (secondary N) is 2. The van der Waals surface area contributed by atoms with Gasteiger partial charge in [-0.15, -0.1) is 0 Å². The summed E-state index contributed by atoms with van der Waals surface area (Å²) >= 11 is 0. The van der Waals surface area contributed by atoms with Crippen molar-refractivity contribution in [3.8, 4) is 0 Å². The number of rotatable bonds is 9. The number of carboxylic acid groups (broad SMARTS) is 1. The predicted molar refractivity (Wildman–Crippen MR) is 118 cm³/mol. The minimum Gasteiger partial charge on any atom is -0.480 e. The van der Waals surface area contributed by atoms with Crippen molar-refractivity contribution < 1.29 is 23.9 Å². The second-order valence-electron chi connectivity index (χ2n) is 7.31. The molecule has 3 N–H and O–H groups in total. The lowest BCUT2D eigenvalue weighted by molar-refractivity contribution is -0.142. The summed E-state index contributed by atoms with van der Waals surface area (Å²) in [6.07, 6.45) is 0.167. The highest BCUT2D eigenvalue weighted by Gasteiger charge is 2.27. The Morgan fingerprint density at radius 1 is 0.719 bits per heavy atom. The third-order valence-corrected chi connectivity index (χ3v) is 4.91. The number of halogens is 1. The van der Waals surface area contributed by atoms with Gasteiger partial charge in [-0.25, -0.2) is 9.18 Å². The van der Waals surface area contributed by atoms with Crippen LogP contribution in [-0.4, -0.2) is 35.0 Å². The zero-order chi connectivity index (χ0) is 22.9. The summed E-state index contributed by atoms with van der Waals surface area (Å²) in [4.78, 5) is 37.4. The summed E-state index contributed by atoms with van der Waals surface area (Å²) < 4.78 is 13.3. The molecule has 0 aromatic heterocycles. The van der Waals surface area contributed by atoms with Gasteiger partial charge in [-0.2, -0.15) is 0 Å². The molecule has 32 heavy (non-hydrogen) atoms. The zero-order valence-electron chi connectivity index (χ0n) is 17.2. The van der Waals surface area contributed by atoms with Crippen LogP contribution in [0.1, 0.15) is 21.5 Å². The first-order valence-corrected chi connectivity index (χ1v) is 10.1. The van der Waals surface area contributed by atoms with E-state index in [9.17, 15) is 23.9 Å². The Bertz CT molecular complexity index is 1060. The monoisotopic (exact) mass is 434 g/mol. The van der Waals surface area contributed by atoms with Crippen molar-refractivity contribution in [2.24, 2.45) is 0 Å². The SMILES string of the molecule is O=C(N[C@@H](Cc1ccc(F)cc1)C(=O)N[C@@H](Cc1ccccc1)C(=O)O)c1ccccc1. The molecule has 2 atom stereocenters. The lowest BCUT2D eigenvalue weighted by Crippen LogP contribution is -2.53. The van der Waals surface area contributed by atoms with Crippen molar-refractivity contribution in [1.29, 1.82) is 0 Å². The van der Waals surface area contributed by atoms with Crippen LogP contribution in [0.25, 0.3) is 0 Å². The maximum Gasteiger partial charge on any atom is 0.326 e. The van der Waals surface area contributed by atoms with Gasteiger partial charge in [-0.1, -0.05) is 60.7 Å². The number of aliphatic carboxylic acids is 1. The number of carbonyl (C=O) groups is 3. The maximum absolute atomic E-state index is 13.3. The Kier molecular flexibility index (Phi) is 7.70. The van der Waals surface area contributed by atoms with Gasteiger partial charge in [-0.05, 0) is 35.4 Å². The van der Waals surface area contributed by atoms with E-state index in [1.54, 1.807) is 54.6 Å². The lowest BCUT2D eigenvalue weighted by atomic mass is 10.0. The van der Waals surface area contributed by atoms with Gasteiger partial charge in [0, 0.05) is 18.4 Å². The molecule has 0 heterocycles. The van der Waals surface area contributed by atoms with Gasteiger partial charge in [0.05, 0.1) is 0 Å². The summed E-state index contributed by atoms with van der Waals surface area (Å²) in [5.74, 6) is -2.71. The third-order valence-electron chi connectivity index (χ3n) is 4.91. The van der Waals surface area contributed by atoms with E-state index < -0.39 is 35.7 Å².